The summed E-state index contributed by atoms with van der Waals surface area (Å²) in [5, 5.41) is 0. The van der Waals surface area contributed by atoms with Crippen LogP contribution in [-0.4, -0.2) is 5.96 Å². The van der Waals surface area contributed by atoms with Gasteiger partial charge in [-0.05, 0) is 0 Å². The van der Waals surface area contributed by atoms with E-state index in [1.807, 2.05) is 12.1 Å². The summed E-state index contributed by atoms with van der Waals surface area (Å²) in [5.74, 6) is 0.140. The molecule has 1 rings (SSSR count). The molecule has 0 amide bonds. The van der Waals surface area contributed by atoms with Gasteiger partial charge in [-0.1, -0.05) is 0 Å². The molecular weight excluding hydrogens is 349 g/mol. The van der Waals surface area contributed by atoms with Crippen molar-refractivity contribution in [3.05, 3.63) is 29.8 Å². The monoisotopic (exact) mass is 359 g/mol. The standard InChI is InChI=1S/C8H10AtN3/c9-7-3-1-2-6(4-7)5-12-8(10)11/h1-4H,5H2,(H4,10,11,12)/i9+1. The molecule has 0 heterocycles. The van der Waals surface area contributed by atoms with Crippen LogP contribution in [0.1, 0.15) is 5.56 Å². The summed E-state index contributed by atoms with van der Waals surface area (Å²) in [6, 6.07) is 8.17. The SMILES string of the molecule is NC(N)=NCc1cccc([211At])c1. The predicted octanol–water partition coefficient (Wildman–Crippen LogP) is -0.365. The third-order valence-electron chi connectivity index (χ3n) is 1.33. The molecule has 0 unspecified atom stereocenters. The molecule has 0 radical (unpaired) electrons. The molecule has 0 aliphatic heterocycles. The first kappa shape index (κ1) is 9.46. The molecule has 0 aliphatic rings. The fraction of sp³-hybridized carbons (Fsp3) is 0.125. The van der Waals surface area contributed by atoms with E-state index < -0.39 is 0 Å². The van der Waals surface area contributed by atoms with Gasteiger partial charge in [0.15, 0.2) is 0 Å². The van der Waals surface area contributed by atoms with Gasteiger partial charge in [0.25, 0.3) is 0 Å². The predicted molar refractivity (Wildman–Crippen MR) is 45.6 cm³/mol. The van der Waals surface area contributed by atoms with Crippen LogP contribution in [0.4, 0.5) is 0 Å². The van der Waals surface area contributed by atoms with Crippen molar-refractivity contribution in [2.75, 3.05) is 0 Å². The normalized spacial score (nSPS) is 9.42. The Kier molecular flexibility index (Phi) is 3.48. The molecule has 0 saturated heterocycles. The summed E-state index contributed by atoms with van der Waals surface area (Å²) in [7, 11) is 0. The van der Waals surface area contributed by atoms with Crippen molar-refractivity contribution in [2.24, 2.45) is 16.5 Å². The van der Waals surface area contributed by atoms with E-state index in [1.165, 1.54) is 3.27 Å². The van der Waals surface area contributed by atoms with Crippen molar-refractivity contribution in [3.63, 3.8) is 0 Å². The van der Waals surface area contributed by atoms with Gasteiger partial charge in [-0.3, -0.25) is 0 Å². The quantitative estimate of drug-likeness (QED) is 0.559. The number of aliphatic imine (C=N–C) groups is 1. The van der Waals surface area contributed by atoms with Crippen LogP contribution in [0, 0.1) is 24.7 Å². The fourth-order valence-corrected chi connectivity index (χ4v) is 1.65. The van der Waals surface area contributed by atoms with Gasteiger partial charge in [0.2, 0.25) is 0 Å². The summed E-state index contributed by atoms with van der Waals surface area (Å²) < 4.78 is 1.28. The number of hydrogen-bond acceptors (Lipinski definition) is 1. The number of guanidine groups is 1. The van der Waals surface area contributed by atoms with Crippen LogP contribution in [0.5, 0.6) is 0 Å². The second-order valence-electron chi connectivity index (χ2n) is 2.37. The van der Waals surface area contributed by atoms with Crippen molar-refractivity contribution in [1.29, 1.82) is 0 Å². The van der Waals surface area contributed by atoms with Crippen LogP contribution in [0.15, 0.2) is 29.3 Å². The van der Waals surface area contributed by atoms with E-state index in [1.54, 1.807) is 24.7 Å². The zero-order valence-corrected chi connectivity index (χ0v) is 9.44. The number of rotatable bonds is 2. The molecule has 4 heteroatoms. The average molecular weight is 359 g/mol. The van der Waals surface area contributed by atoms with E-state index in [-0.39, 0.29) is 5.96 Å². The molecule has 0 saturated carbocycles. The zero-order valence-electron chi connectivity index (χ0n) is 6.50. The molecule has 1 aromatic rings. The summed E-state index contributed by atoms with van der Waals surface area (Å²) in [5.41, 5.74) is 11.6. The Labute approximate surface area is 86.7 Å². The molecule has 0 fully saturated rings. The van der Waals surface area contributed by atoms with Crippen molar-refractivity contribution in [1.82, 2.24) is 0 Å². The van der Waals surface area contributed by atoms with Crippen LogP contribution in [-0.2, 0) is 6.54 Å². The number of nitrogens with zero attached hydrogens (tertiary/aromatic N) is 1. The van der Waals surface area contributed by atoms with Gasteiger partial charge < -0.3 is 0 Å². The van der Waals surface area contributed by atoms with E-state index in [2.05, 4.69) is 17.1 Å². The van der Waals surface area contributed by atoms with Crippen LogP contribution in [0.25, 0.3) is 0 Å². The molecule has 1 aromatic carbocycles. The first-order chi connectivity index (χ1) is 5.68. The van der Waals surface area contributed by atoms with E-state index in [4.69, 9.17) is 11.5 Å². The van der Waals surface area contributed by atoms with Crippen molar-refractivity contribution < 1.29 is 24.7 Å². The molecule has 0 bridgehead atoms. The van der Waals surface area contributed by atoms with Gasteiger partial charge in [0.05, 0.1) is 0 Å². The van der Waals surface area contributed by atoms with Crippen molar-refractivity contribution in [2.45, 2.75) is 6.54 Å². The summed E-state index contributed by atoms with van der Waals surface area (Å²) in [4.78, 5) is 3.91. The molecule has 3 nitrogen and oxygen atoms in total. The molecule has 0 spiro atoms. The Bertz CT molecular complexity index is 292. The molecule has 0 aliphatic carbocycles. The van der Waals surface area contributed by atoms with Gasteiger partial charge in [-0.15, -0.1) is 0 Å². The van der Waals surface area contributed by atoms with Crippen molar-refractivity contribution in [3.8, 4) is 0 Å². The van der Waals surface area contributed by atoms with E-state index in [0.717, 1.165) is 5.56 Å². The second-order valence-corrected chi connectivity index (χ2v) is 4.07. The van der Waals surface area contributed by atoms with E-state index >= 15 is 0 Å². The van der Waals surface area contributed by atoms with Crippen molar-refractivity contribution >= 4 is 9.23 Å². The average Bonchev–Trinajstić information content (AvgIpc) is 2.01. The molecule has 0 atom stereocenters. The minimum absolute atomic E-state index is 0.140. The zero-order chi connectivity index (χ0) is 8.97. The summed E-state index contributed by atoms with van der Waals surface area (Å²) >= 11 is 1.65. The van der Waals surface area contributed by atoms with Gasteiger partial charge in [-0.25, -0.2) is 0 Å². The Morgan fingerprint density at radius 3 is 2.75 bits per heavy atom. The van der Waals surface area contributed by atoms with E-state index in [9.17, 15) is 0 Å². The topological polar surface area (TPSA) is 64.4 Å². The van der Waals surface area contributed by atoms with Gasteiger partial charge >= 0.3 is 86.8 Å². The summed E-state index contributed by atoms with van der Waals surface area (Å²) in [6.07, 6.45) is 0. The number of benzene rings is 1. The summed E-state index contributed by atoms with van der Waals surface area (Å²) in [6.45, 7) is 0.568. The van der Waals surface area contributed by atoms with Crippen LogP contribution in [0.2, 0.25) is 0 Å². The van der Waals surface area contributed by atoms with Crippen LogP contribution in [0.3, 0.4) is 0 Å². The number of nitrogens with two attached hydrogens (primary N) is 2. The minimum atomic E-state index is 0.140. The number of hydrogen-bond donors (Lipinski definition) is 2. The Hall–Kier alpha value is -0.627. The fourth-order valence-electron chi connectivity index (χ4n) is 0.818. The first-order valence-corrected chi connectivity index (χ1v) is 4.95. The Morgan fingerprint density at radius 2 is 2.17 bits per heavy atom. The van der Waals surface area contributed by atoms with Gasteiger partial charge in [-0.2, -0.15) is 0 Å². The second kappa shape index (κ2) is 4.41. The first-order valence-electron chi connectivity index (χ1n) is 3.48. The van der Waals surface area contributed by atoms with E-state index in [0.29, 0.717) is 6.54 Å². The van der Waals surface area contributed by atoms with Gasteiger partial charge in [0, 0.05) is 0 Å². The van der Waals surface area contributed by atoms with Crippen LogP contribution >= 0.6 is 0 Å². The third-order valence-corrected chi connectivity index (χ3v) is 2.25. The molecule has 64 valence electrons. The van der Waals surface area contributed by atoms with Gasteiger partial charge in [0.1, 0.15) is 0 Å². The molecule has 0 aromatic heterocycles. The van der Waals surface area contributed by atoms with Crippen LogP contribution < -0.4 is 14.7 Å². The molecular formula is C8H10AtN3. The maximum atomic E-state index is 5.21. The molecule has 4 N–H and O–H groups in total. The Morgan fingerprint density at radius 1 is 1.42 bits per heavy atom. The maximum absolute atomic E-state index is 5.21. The third kappa shape index (κ3) is 3.18. The Balaban J connectivity index is 2.70. The molecule has 12 heavy (non-hydrogen) atoms.